The van der Waals surface area contributed by atoms with Gasteiger partial charge in [0.05, 0.1) is 6.04 Å². The Morgan fingerprint density at radius 3 is 2.56 bits per heavy atom. The molecule has 0 fully saturated rings. The number of hydrogen-bond donors (Lipinski definition) is 1. The molecule has 3 heteroatoms. The van der Waals surface area contributed by atoms with E-state index in [1.165, 1.54) is 30.4 Å². The zero-order valence-corrected chi connectivity index (χ0v) is 15.3. The Kier molecular flexibility index (Phi) is 5.42. The zero-order chi connectivity index (χ0) is 17.8. The van der Waals surface area contributed by atoms with Crippen molar-refractivity contribution in [3.05, 3.63) is 64.7 Å². The first-order chi connectivity index (χ1) is 12.0. The minimum atomic E-state index is -0.526. The van der Waals surface area contributed by atoms with Crippen LogP contribution in [0.5, 0.6) is 5.75 Å². The summed E-state index contributed by atoms with van der Waals surface area (Å²) < 4.78 is 5.77. The number of ether oxygens (including phenoxy) is 1. The van der Waals surface area contributed by atoms with Crippen LogP contribution in [0, 0.1) is 6.92 Å². The van der Waals surface area contributed by atoms with Gasteiger partial charge in [0.2, 0.25) is 0 Å². The first-order valence-electron chi connectivity index (χ1n) is 9.18. The van der Waals surface area contributed by atoms with E-state index < -0.39 is 6.10 Å². The fourth-order valence-electron chi connectivity index (χ4n) is 3.38. The summed E-state index contributed by atoms with van der Waals surface area (Å²) in [5, 5.41) is 3.07. The molecule has 0 bridgehead atoms. The van der Waals surface area contributed by atoms with Crippen molar-refractivity contribution in [3.8, 4) is 5.75 Å². The van der Waals surface area contributed by atoms with Gasteiger partial charge in [0, 0.05) is 0 Å². The average molecular weight is 337 g/mol. The van der Waals surface area contributed by atoms with E-state index in [4.69, 9.17) is 4.74 Å². The van der Waals surface area contributed by atoms with Crippen molar-refractivity contribution in [2.45, 2.75) is 58.6 Å². The van der Waals surface area contributed by atoms with Crippen LogP contribution in [0.15, 0.2) is 42.5 Å². The second kappa shape index (κ2) is 7.73. The molecule has 0 aliphatic heterocycles. The fourth-order valence-corrected chi connectivity index (χ4v) is 3.38. The number of rotatable bonds is 5. The first kappa shape index (κ1) is 17.5. The van der Waals surface area contributed by atoms with E-state index in [9.17, 15) is 4.79 Å². The van der Waals surface area contributed by atoms with E-state index in [0.717, 1.165) is 23.3 Å². The lowest BCUT2D eigenvalue weighted by Gasteiger charge is -2.22. The highest BCUT2D eigenvalue weighted by molar-refractivity contribution is 5.81. The van der Waals surface area contributed by atoms with E-state index >= 15 is 0 Å². The summed E-state index contributed by atoms with van der Waals surface area (Å²) >= 11 is 0. The second-order valence-electron chi connectivity index (χ2n) is 7.04. The maximum Gasteiger partial charge on any atom is 0.261 e. The van der Waals surface area contributed by atoms with Crippen molar-refractivity contribution in [2.75, 3.05) is 0 Å². The molecule has 25 heavy (non-hydrogen) atoms. The Morgan fingerprint density at radius 1 is 1.04 bits per heavy atom. The molecule has 1 N–H and O–H groups in total. The van der Waals surface area contributed by atoms with Gasteiger partial charge in [-0.25, -0.2) is 0 Å². The molecule has 3 nitrogen and oxygen atoms in total. The molecule has 0 unspecified atom stereocenters. The van der Waals surface area contributed by atoms with Crippen LogP contribution in [0.1, 0.15) is 55.0 Å². The van der Waals surface area contributed by atoms with Gasteiger partial charge >= 0.3 is 0 Å². The van der Waals surface area contributed by atoms with Crippen LogP contribution in [0.2, 0.25) is 0 Å². The van der Waals surface area contributed by atoms with Crippen molar-refractivity contribution in [1.82, 2.24) is 5.32 Å². The molecule has 2 aromatic rings. The van der Waals surface area contributed by atoms with Crippen LogP contribution < -0.4 is 10.1 Å². The summed E-state index contributed by atoms with van der Waals surface area (Å²) in [6.07, 6.45) is 4.35. The fraction of sp³-hybridized carbons (Fsp3) is 0.409. The molecule has 0 spiro atoms. The molecule has 3 rings (SSSR count). The number of amides is 1. The third-order valence-electron chi connectivity index (χ3n) is 4.90. The Hall–Kier alpha value is -2.29. The van der Waals surface area contributed by atoms with Crippen LogP contribution >= 0.6 is 0 Å². The maximum atomic E-state index is 12.5. The smallest absolute Gasteiger partial charge is 0.261 e. The predicted molar refractivity (Wildman–Crippen MR) is 101 cm³/mol. The number of carbonyl (C=O) groups excluding carboxylic acids is 1. The van der Waals surface area contributed by atoms with Gasteiger partial charge in [0.15, 0.2) is 6.10 Å². The quantitative estimate of drug-likeness (QED) is 0.871. The third kappa shape index (κ3) is 4.41. The topological polar surface area (TPSA) is 38.3 Å². The van der Waals surface area contributed by atoms with Crippen molar-refractivity contribution >= 4 is 5.91 Å². The summed E-state index contributed by atoms with van der Waals surface area (Å²) in [6, 6.07) is 14.4. The minimum Gasteiger partial charge on any atom is -0.481 e. The molecule has 0 aromatic heterocycles. The van der Waals surface area contributed by atoms with Crippen LogP contribution in [0.3, 0.4) is 0 Å². The van der Waals surface area contributed by atoms with Crippen LogP contribution in [-0.4, -0.2) is 12.0 Å². The number of nitrogens with one attached hydrogen (secondary N) is 1. The highest BCUT2D eigenvalue weighted by Crippen LogP contribution is 2.25. The molecule has 0 radical (unpaired) electrons. The summed E-state index contributed by atoms with van der Waals surface area (Å²) in [5.41, 5.74) is 5.18. The molecule has 0 heterocycles. The van der Waals surface area contributed by atoms with Crippen molar-refractivity contribution < 1.29 is 9.53 Å². The molecule has 0 saturated carbocycles. The maximum absolute atomic E-state index is 12.5. The third-order valence-corrected chi connectivity index (χ3v) is 4.90. The van der Waals surface area contributed by atoms with Crippen molar-refractivity contribution in [2.24, 2.45) is 0 Å². The number of fused-ring (bicyclic) bond motifs is 1. The van der Waals surface area contributed by atoms with Gasteiger partial charge in [-0.3, -0.25) is 4.79 Å². The lowest BCUT2D eigenvalue weighted by atomic mass is 9.89. The van der Waals surface area contributed by atoms with Crippen molar-refractivity contribution in [1.29, 1.82) is 0 Å². The van der Waals surface area contributed by atoms with Gasteiger partial charge in [-0.2, -0.15) is 0 Å². The van der Waals surface area contributed by atoms with Gasteiger partial charge in [0.25, 0.3) is 5.91 Å². The number of hydrogen-bond acceptors (Lipinski definition) is 2. The standard InChI is InChI=1S/C22H27NO2/c1-15-7-6-10-21(13-15)25-17(3)22(24)23-16(2)19-12-11-18-8-4-5-9-20(18)14-19/h6-7,10-14,16-17H,4-5,8-9H2,1-3H3,(H,23,24)/t16-,17+/m1/s1. The first-order valence-corrected chi connectivity index (χ1v) is 9.18. The van der Waals surface area contributed by atoms with Gasteiger partial charge in [-0.1, -0.05) is 30.3 Å². The second-order valence-corrected chi connectivity index (χ2v) is 7.04. The van der Waals surface area contributed by atoms with Gasteiger partial charge in [0.1, 0.15) is 5.75 Å². The normalized spacial score (nSPS) is 15.8. The van der Waals surface area contributed by atoms with E-state index in [2.05, 4.69) is 23.5 Å². The summed E-state index contributed by atoms with van der Waals surface area (Å²) in [4.78, 5) is 12.5. The summed E-state index contributed by atoms with van der Waals surface area (Å²) in [6.45, 7) is 5.83. The van der Waals surface area contributed by atoms with E-state index in [1.807, 2.05) is 38.1 Å². The molecule has 2 aromatic carbocycles. The lowest BCUT2D eigenvalue weighted by Crippen LogP contribution is -2.37. The molecule has 1 aliphatic carbocycles. The number of benzene rings is 2. The van der Waals surface area contributed by atoms with E-state index in [-0.39, 0.29) is 11.9 Å². The minimum absolute atomic E-state index is 0.0247. The Bertz CT molecular complexity index is 753. The highest BCUT2D eigenvalue weighted by Gasteiger charge is 2.19. The van der Waals surface area contributed by atoms with Crippen LogP contribution in [0.4, 0.5) is 0 Å². The summed E-state index contributed by atoms with van der Waals surface area (Å²) in [7, 11) is 0. The molecule has 2 atom stereocenters. The highest BCUT2D eigenvalue weighted by atomic mass is 16.5. The summed E-state index contributed by atoms with van der Waals surface area (Å²) in [5.74, 6) is 0.635. The molecule has 132 valence electrons. The van der Waals surface area contributed by atoms with Gasteiger partial charge in [-0.05, 0) is 80.8 Å². The van der Waals surface area contributed by atoms with Gasteiger partial charge in [-0.15, -0.1) is 0 Å². The average Bonchev–Trinajstić information content (AvgIpc) is 2.61. The Labute approximate surface area is 150 Å². The van der Waals surface area contributed by atoms with E-state index in [1.54, 1.807) is 6.92 Å². The molecule has 0 saturated heterocycles. The molecule has 1 amide bonds. The van der Waals surface area contributed by atoms with Gasteiger partial charge < -0.3 is 10.1 Å². The largest absolute Gasteiger partial charge is 0.481 e. The van der Waals surface area contributed by atoms with E-state index in [0.29, 0.717) is 0 Å². The van der Waals surface area contributed by atoms with Crippen molar-refractivity contribution in [3.63, 3.8) is 0 Å². The molecular formula is C22H27NO2. The number of aryl methyl sites for hydroxylation is 3. The van der Waals surface area contributed by atoms with Crippen LogP contribution in [0.25, 0.3) is 0 Å². The molecule has 1 aliphatic rings. The zero-order valence-electron chi connectivity index (χ0n) is 15.3. The Morgan fingerprint density at radius 2 is 1.80 bits per heavy atom. The predicted octanol–water partition coefficient (Wildman–Crippen LogP) is 4.52. The SMILES string of the molecule is Cc1cccc(O[C@@H](C)C(=O)N[C@H](C)c2ccc3c(c2)CCCC3)c1. The molecular weight excluding hydrogens is 310 g/mol. The Balaban J connectivity index is 1.61. The number of carbonyl (C=O) groups is 1. The monoisotopic (exact) mass is 337 g/mol. The van der Waals surface area contributed by atoms with Crippen LogP contribution in [-0.2, 0) is 17.6 Å². The lowest BCUT2D eigenvalue weighted by molar-refractivity contribution is -0.127.